The lowest BCUT2D eigenvalue weighted by Gasteiger charge is -2.22. The highest BCUT2D eigenvalue weighted by atomic mass is 16.4. The summed E-state index contributed by atoms with van der Waals surface area (Å²) in [5, 5.41) is 29.0. The summed E-state index contributed by atoms with van der Waals surface area (Å²) in [5.74, 6) is -0.703. The summed E-state index contributed by atoms with van der Waals surface area (Å²) in [5.41, 5.74) is 0. The predicted molar refractivity (Wildman–Crippen MR) is 96.8 cm³/mol. The normalized spacial score (nSPS) is 27.1. The quantitative estimate of drug-likeness (QED) is 0.345. The summed E-state index contributed by atoms with van der Waals surface area (Å²) < 4.78 is 0. The number of allylic oxidation sites excluding steroid dienone is 2. The molecule has 0 heterocycles. The number of aliphatic hydroxyl groups excluding tert-OH is 2. The average molecular weight is 341 g/mol. The van der Waals surface area contributed by atoms with Gasteiger partial charge in [0.1, 0.15) is 0 Å². The smallest absolute Gasteiger partial charge is 0.303 e. The van der Waals surface area contributed by atoms with Crippen LogP contribution in [0.1, 0.15) is 84.0 Å². The predicted octanol–water partition coefficient (Wildman–Crippen LogP) is 4.30. The maximum Gasteiger partial charge on any atom is 0.303 e. The number of aliphatic hydroxyl groups is 2. The highest BCUT2D eigenvalue weighted by molar-refractivity contribution is 5.66. The molecule has 0 unspecified atom stereocenters. The van der Waals surface area contributed by atoms with Crippen LogP contribution in [-0.4, -0.2) is 33.5 Å². The topological polar surface area (TPSA) is 77.8 Å². The number of rotatable bonds is 13. The number of carboxylic acid groups (broad SMARTS) is 1. The van der Waals surface area contributed by atoms with Crippen LogP contribution in [0.25, 0.3) is 0 Å². The number of hydrogen-bond donors (Lipinski definition) is 3. The molecule has 1 fully saturated rings. The monoisotopic (exact) mass is 340 g/mol. The van der Waals surface area contributed by atoms with Crippen molar-refractivity contribution in [1.82, 2.24) is 0 Å². The molecule has 0 aromatic heterocycles. The third-order valence-electron chi connectivity index (χ3n) is 5.25. The van der Waals surface area contributed by atoms with Crippen LogP contribution in [0, 0.1) is 11.8 Å². The average Bonchev–Trinajstić information content (AvgIpc) is 2.79. The number of aliphatic carboxylic acids is 1. The van der Waals surface area contributed by atoms with Gasteiger partial charge in [-0.1, -0.05) is 51.2 Å². The molecule has 3 N–H and O–H groups in total. The fourth-order valence-electron chi connectivity index (χ4n) is 3.81. The van der Waals surface area contributed by atoms with Crippen molar-refractivity contribution >= 4 is 5.97 Å². The van der Waals surface area contributed by atoms with Gasteiger partial charge in [0.05, 0.1) is 12.2 Å². The van der Waals surface area contributed by atoms with E-state index in [1.54, 1.807) is 0 Å². The first-order chi connectivity index (χ1) is 11.6. The first-order valence-corrected chi connectivity index (χ1v) is 9.79. The van der Waals surface area contributed by atoms with Gasteiger partial charge < -0.3 is 15.3 Å². The molecule has 1 saturated carbocycles. The van der Waals surface area contributed by atoms with Crippen molar-refractivity contribution in [3.8, 4) is 0 Å². The Morgan fingerprint density at radius 2 is 1.62 bits per heavy atom. The van der Waals surface area contributed by atoms with Gasteiger partial charge in [0.25, 0.3) is 0 Å². The molecule has 0 aliphatic heterocycles. The minimum atomic E-state index is -0.793. The van der Waals surface area contributed by atoms with E-state index in [2.05, 4.69) is 19.1 Å². The Hall–Kier alpha value is -0.870. The minimum Gasteiger partial charge on any atom is -0.481 e. The molecule has 1 aliphatic carbocycles. The number of unbranched alkanes of at least 4 members (excludes halogenated alkanes) is 6. The van der Waals surface area contributed by atoms with E-state index in [0.29, 0.717) is 19.3 Å². The molecule has 24 heavy (non-hydrogen) atoms. The molecule has 0 bridgehead atoms. The Bertz CT molecular complexity index is 367. The van der Waals surface area contributed by atoms with Crippen molar-refractivity contribution in [2.75, 3.05) is 0 Å². The first kappa shape index (κ1) is 21.2. The molecule has 140 valence electrons. The zero-order chi connectivity index (χ0) is 17.8. The maximum absolute atomic E-state index is 10.6. The Balaban J connectivity index is 2.24. The highest BCUT2D eigenvalue weighted by Gasteiger charge is 2.40. The fraction of sp³-hybridized carbons (Fsp3) is 0.850. The van der Waals surface area contributed by atoms with Gasteiger partial charge in [0.15, 0.2) is 0 Å². The molecule has 1 rings (SSSR count). The molecule has 4 atom stereocenters. The molecule has 0 amide bonds. The van der Waals surface area contributed by atoms with Gasteiger partial charge in [-0.15, -0.1) is 0 Å². The zero-order valence-electron chi connectivity index (χ0n) is 15.2. The van der Waals surface area contributed by atoms with Crippen molar-refractivity contribution in [2.45, 2.75) is 96.2 Å². The van der Waals surface area contributed by atoms with Crippen molar-refractivity contribution < 1.29 is 20.1 Å². The Morgan fingerprint density at radius 3 is 2.33 bits per heavy atom. The van der Waals surface area contributed by atoms with E-state index in [-0.39, 0.29) is 18.3 Å². The van der Waals surface area contributed by atoms with E-state index in [1.165, 1.54) is 38.5 Å². The lowest BCUT2D eigenvalue weighted by Crippen LogP contribution is -2.22. The summed E-state index contributed by atoms with van der Waals surface area (Å²) in [6, 6.07) is 0. The third-order valence-corrected chi connectivity index (χ3v) is 5.25. The van der Waals surface area contributed by atoms with Gasteiger partial charge in [-0.2, -0.15) is 0 Å². The van der Waals surface area contributed by atoms with Crippen molar-refractivity contribution in [2.24, 2.45) is 11.8 Å². The molecule has 4 nitrogen and oxygen atoms in total. The Labute approximate surface area is 147 Å². The zero-order valence-corrected chi connectivity index (χ0v) is 15.2. The van der Waals surface area contributed by atoms with Crippen LogP contribution in [0.15, 0.2) is 12.2 Å². The van der Waals surface area contributed by atoms with E-state index in [4.69, 9.17) is 5.11 Å². The molecular formula is C20H36O4. The van der Waals surface area contributed by atoms with Crippen LogP contribution in [0.3, 0.4) is 0 Å². The summed E-state index contributed by atoms with van der Waals surface area (Å²) >= 11 is 0. The van der Waals surface area contributed by atoms with Crippen LogP contribution in [0.4, 0.5) is 0 Å². The second-order valence-electron chi connectivity index (χ2n) is 7.25. The molecule has 4 heteroatoms. The molecule has 0 aromatic carbocycles. The van der Waals surface area contributed by atoms with Crippen molar-refractivity contribution in [3.63, 3.8) is 0 Å². The molecular weight excluding hydrogens is 304 g/mol. The summed E-state index contributed by atoms with van der Waals surface area (Å²) in [6.45, 7) is 2.23. The lowest BCUT2D eigenvalue weighted by atomic mass is 9.86. The second kappa shape index (κ2) is 12.5. The van der Waals surface area contributed by atoms with E-state index in [9.17, 15) is 15.0 Å². The van der Waals surface area contributed by atoms with Gasteiger partial charge in [0.2, 0.25) is 0 Å². The van der Waals surface area contributed by atoms with Crippen LogP contribution in [0.2, 0.25) is 0 Å². The summed E-state index contributed by atoms with van der Waals surface area (Å²) in [7, 11) is 0. The molecule has 0 aromatic rings. The molecule has 0 spiro atoms. The lowest BCUT2D eigenvalue weighted by molar-refractivity contribution is -0.137. The van der Waals surface area contributed by atoms with Gasteiger partial charge in [-0.25, -0.2) is 0 Å². The number of carboxylic acids is 1. The summed E-state index contributed by atoms with van der Waals surface area (Å²) in [6.07, 6.45) is 14.8. The van der Waals surface area contributed by atoms with Crippen LogP contribution < -0.4 is 0 Å². The molecule has 1 aliphatic rings. The van der Waals surface area contributed by atoms with E-state index < -0.39 is 18.2 Å². The van der Waals surface area contributed by atoms with Crippen molar-refractivity contribution in [3.05, 3.63) is 12.2 Å². The first-order valence-electron chi connectivity index (χ1n) is 9.79. The van der Waals surface area contributed by atoms with Crippen LogP contribution >= 0.6 is 0 Å². The minimum absolute atomic E-state index is 0.0260. The fourth-order valence-corrected chi connectivity index (χ4v) is 3.81. The third kappa shape index (κ3) is 8.29. The molecule has 0 saturated heterocycles. The van der Waals surface area contributed by atoms with Crippen LogP contribution in [-0.2, 0) is 4.79 Å². The second-order valence-corrected chi connectivity index (χ2v) is 7.25. The van der Waals surface area contributed by atoms with Gasteiger partial charge in [0, 0.05) is 6.42 Å². The highest BCUT2D eigenvalue weighted by Crippen LogP contribution is 2.38. The molecule has 0 radical (unpaired) electrons. The largest absolute Gasteiger partial charge is 0.481 e. The number of carbonyl (C=O) groups is 1. The van der Waals surface area contributed by atoms with Crippen LogP contribution in [0.5, 0.6) is 0 Å². The van der Waals surface area contributed by atoms with Gasteiger partial charge >= 0.3 is 5.97 Å². The Kier molecular flexibility index (Phi) is 11.0. The van der Waals surface area contributed by atoms with Gasteiger partial charge in [-0.3, -0.25) is 4.79 Å². The van der Waals surface area contributed by atoms with E-state index in [0.717, 1.165) is 12.8 Å². The van der Waals surface area contributed by atoms with Gasteiger partial charge in [-0.05, 0) is 50.4 Å². The summed E-state index contributed by atoms with van der Waals surface area (Å²) in [4.78, 5) is 10.6. The SMILES string of the molecule is CCCCCCCCC=CC[C@@H]1[C@@H](CCCC(=O)O)[C@@H](O)C[C@H]1O. The van der Waals surface area contributed by atoms with E-state index >= 15 is 0 Å². The Morgan fingerprint density at radius 1 is 0.958 bits per heavy atom. The van der Waals surface area contributed by atoms with Crippen molar-refractivity contribution in [1.29, 1.82) is 0 Å². The standard InChI is InChI=1S/C20H36O4/c1-2-3-4-5-6-7-8-9-10-12-16-17(13-11-14-20(23)24)19(22)15-18(16)21/h9-10,16-19,21-22H,2-8,11-15H2,1H3,(H,23,24)/t16-,17-,18-,19+/m1/s1. The van der Waals surface area contributed by atoms with E-state index in [1.807, 2.05) is 0 Å². The number of hydrogen-bond acceptors (Lipinski definition) is 3. The maximum atomic E-state index is 10.6.